The van der Waals surface area contributed by atoms with E-state index >= 15 is 0 Å². The average molecular weight is 227 g/mol. The van der Waals surface area contributed by atoms with Crippen molar-refractivity contribution in [3.63, 3.8) is 0 Å². The van der Waals surface area contributed by atoms with E-state index in [2.05, 4.69) is 0 Å². The number of rotatable bonds is 7. The molecule has 0 rings (SSSR count). The fraction of sp³-hybridized carbons (Fsp3) is 0.667. The van der Waals surface area contributed by atoms with Crippen molar-refractivity contribution in [2.75, 3.05) is 11.5 Å². The molecule has 13 heavy (non-hydrogen) atoms. The summed E-state index contributed by atoms with van der Waals surface area (Å²) in [5.74, 6) is -0.927. The largest absolute Gasteiger partial charge is 0.550 e. The molecule has 0 aliphatic heterocycles. The molecule has 0 unspecified atom stereocenters. The molecular weight excluding hydrogens is 214 g/mol. The summed E-state index contributed by atoms with van der Waals surface area (Å²) in [6.45, 7) is 0. The van der Waals surface area contributed by atoms with Crippen LogP contribution in [0.1, 0.15) is 12.8 Å². The van der Waals surface area contributed by atoms with E-state index in [4.69, 9.17) is 5.11 Å². The number of quaternary nitrogens is 1. The highest BCUT2D eigenvalue weighted by atomic mass is 33.1. The van der Waals surface area contributed by atoms with Crippen molar-refractivity contribution >= 4 is 33.5 Å². The highest BCUT2D eigenvalue weighted by Gasteiger charge is 1.96. The topological polar surface area (TPSA) is 114 Å². The van der Waals surface area contributed by atoms with Crippen molar-refractivity contribution in [1.82, 2.24) is 6.15 Å². The summed E-state index contributed by atoms with van der Waals surface area (Å²) >= 11 is 0. The second kappa shape index (κ2) is 9.69. The maximum Gasteiger partial charge on any atom is 0.304 e. The lowest BCUT2D eigenvalue weighted by Crippen LogP contribution is -2.22. The lowest BCUT2D eigenvalue weighted by molar-refractivity contribution is -0.305. The molecule has 0 spiro atoms. The fourth-order valence-electron chi connectivity index (χ4n) is 0.372. The van der Waals surface area contributed by atoms with Crippen molar-refractivity contribution in [3.8, 4) is 0 Å². The molecule has 5 nitrogen and oxygen atoms in total. The Balaban J connectivity index is 0. The van der Waals surface area contributed by atoms with Gasteiger partial charge in [-0.1, -0.05) is 21.6 Å². The van der Waals surface area contributed by atoms with E-state index in [9.17, 15) is 14.7 Å². The number of carboxylic acid groups (broad SMARTS) is 2. The van der Waals surface area contributed by atoms with Crippen molar-refractivity contribution < 1.29 is 19.8 Å². The van der Waals surface area contributed by atoms with E-state index in [-0.39, 0.29) is 19.0 Å². The van der Waals surface area contributed by atoms with Gasteiger partial charge < -0.3 is 21.2 Å². The summed E-state index contributed by atoms with van der Waals surface area (Å²) in [6, 6.07) is 0. The number of carbonyl (C=O) groups is 2. The van der Waals surface area contributed by atoms with Crippen LogP contribution in [-0.4, -0.2) is 28.6 Å². The smallest absolute Gasteiger partial charge is 0.304 e. The van der Waals surface area contributed by atoms with Gasteiger partial charge in [0.1, 0.15) is 0 Å². The van der Waals surface area contributed by atoms with Crippen LogP contribution in [0.2, 0.25) is 0 Å². The minimum Gasteiger partial charge on any atom is -0.550 e. The van der Waals surface area contributed by atoms with E-state index in [1.54, 1.807) is 0 Å². The van der Waals surface area contributed by atoms with Crippen LogP contribution in [0, 0.1) is 0 Å². The lowest BCUT2D eigenvalue weighted by Gasteiger charge is -2.00. The Kier molecular flexibility index (Phi) is 11.2. The quantitative estimate of drug-likeness (QED) is 0.479. The van der Waals surface area contributed by atoms with Gasteiger partial charge in [-0.15, -0.1) is 0 Å². The third-order valence-corrected chi connectivity index (χ3v) is 3.28. The van der Waals surface area contributed by atoms with Crippen molar-refractivity contribution in [2.45, 2.75) is 12.8 Å². The third-order valence-electron chi connectivity index (χ3n) is 0.872. The van der Waals surface area contributed by atoms with Gasteiger partial charge in [-0.25, -0.2) is 0 Å². The first-order valence-corrected chi connectivity index (χ1v) is 5.78. The lowest BCUT2D eigenvalue weighted by atomic mass is 10.5. The summed E-state index contributed by atoms with van der Waals surface area (Å²) < 4.78 is 0. The summed E-state index contributed by atoms with van der Waals surface area (Å²) in [5, 5.41) is 18.1. The van der Waals surface area contributed by atoms with Gasteiger partial charge >= 0.3 is 5.97 Å². The molecule has 0 amide bonds. The zero-order valence-electron chi connectivity index (χ0n) is 7.32. The molecule has 0 saturated heterocycles. The van der Waals surface area contributed by atoms with Crippen LogP contribution in [0.15, 0.2) is 0 Å². The molecule has 0 aromatic rings. The molecule has 0 aromatic heterocycles. The van der Waals surface area contributed by atoms with Crippen molar-refractivity contribution in [1.29, 1.82) is 0 Å². The summed E-state index contributed by atoms with van der Waals surface area (Å²) in [5.41, 5.74) is 0. The second-order valence-corrected chi connectivity index (χ2v) is 4.61. The van der Waals surface area contributed by atoms with Gasteiger partial charge in [-0.3, -0.25) is 4.79 Å². The van der Waals surface area contributed by atoms with Gasteiger partial charge in [-0.2, -0.15) is 0 Å². The predicted octanol–water partition coefficient (Wildman–Crippen LogP) is 0.359. The van der Waals surface area contributed by atoms with Crippen molar-refractivity contribution in [2.24, 2.45) is 0 Å². The molecule has 0 radical (unpaired) electrons. The van der Waals surface area contributed by atoms with E-state index in [1.165, 1.54) is 21.6 Å². The fourth-order valence-corrected chi connectivity index (χ4v) is 2.32. The van der Waals surface area contributed by atoms with Gasteiger partial charge in [0.15, 0.2) is 0 Å². The van der Waals surface area contributed by atoms with Crippen LogP contribution in [0.3, 0.4) is 0 Å². The number of carboxylic acids is 2. The minimum absolute atomic E-state index is 0. The first-order chi connectivity index (χ1) is 5.63. The Morgan fingerprint density at radius 1 is 1.15 bits per heavy atom. The van der Waals surface area contributed by atoms with Gasteiger partial charge in [0.05, 0.1) is 6.42 Å². The first kappa shape index (κ1) is 15.1. The van der Waals surface area contributed by atoms with Crippen LogP contribution in [0.5, 0.6) is 0 Å². The zero-order chi connectivity index (χ0) is 9.40. The monoisotopic (exact) mass is 227 g/mol. The Morgan fingerprint density at radius 3 is 2.00 bits per heavy atom. The Bertz CT molecular complexity index is 147. The molecule has 7 heteroatoms. The standard InChI is InChI=1S/C6H10O4S2.H3N/c7-5(8)1-3-11-12-4-2-6(9)10;/h1-4H2,(H,7,8)(H,9,10);1H3. The molecule has 78 valence electrons. The van der Waals surface area contributed by atoms with Gasteiger partial charge in [0.25, 0.3) is 0 Å². The molecule has 0 aliphatic carbocycles. The summed E-state index contributed by atoms with van der Waals surface area (Å²) in [7, 11) is 2.72. The summed E-state index contributed by atoms with van der Waals surface area (Å²) in [4.78, 5) is 19.9. The minimum atomic E-state index is -1.07. The van der Waals surface area contributed by atoms with Crippen LogP contribution in [0.4, 0.5) is 0 Å². The number of hydrogen-bond acceptors (Lipinski definition) is 5. The second-order valence-electron chi connectivity index (χ2n) is 1.91. The third kappa shape index (κ3) is 14.5. The average Bonchev–Trinajstić information content (AvgIpc) is 1.95. The van der Waals surface area contributed by atoms with E-state index in [0.717, 1.165) is 0 Å². The van der Waals surface area contributed by atoms with Gasteiger partial charge in [0, 0.05) is 17.5 Å². The van der Waals surface area contributed by atoms with Gasteiger partial charge in [-0.05, 0) is 6.42 Å². The number of carbonyl (C=O) groups excluding carboxylic acids is 1. The zero-order valence-corrected chi connectivity index (χ0v) is 8.95. The molecule has 0 aromatic carbocycles. The molecule has 0 fully saturated rings. The maximum absolute atomic E-state index is 10.0. The SMILES string of the molecule is O=C([O-])CCSSCCC(=O)O.[NH4+]. The highest BCUT2D eigenvalue weighted by molar-refractivity contribution is 8.76. The first-order valence-electron chi connectivity index (χ1n) is 3.29. The molecule has 0 saturated carbocycles. The van der Waals surface area contributed by atoms with E-state index < -0.39 is 11.9 Å². The van der Waals surface area contributed by atoms with Crippen LogP contribution in [0.25, 0.3) is 0 Å². The molecule has 0 aliphatic rings. The number of hydrogen-bond donors (Lipinski definition) is 2. The molecular formula is C6H13NO4S2. The Morgan fingerprint density at radius 2 is 1.62 bits per heavy atom. The Labute approximate surface area is 84.3 Å². The maximum atomic E-state index is 10.0. The molecule has 0 heterocycles. The Hall–Kier alpha value is -0.400. The molecule has 0 atom stereocenters. The van der Waals surface area contributed by atoms with Gasteiger partial charge in [0.2, 0.25) is 0 Å². The predicted molar refractivity (Wildman–Crippen MR) is 52.8 cm³/mol. The van der Waals surface area contributed by atoms with Crippen LogP contribution < -0.4 is 11.3 Å². The number of aliphatic carboxylic acids is 2. The highest BCUT2D eigenvalue weighted by Crippen LogP contribution is 2.22. The van der Waals surface area contributed by atoms with Crippen LogP contribution in [-0.2, 0) is 9.59 Å². The van der Waals surface area contributed by atoms with E-state index in [0.29, 0.717) is 11.5 Å². The van der Waals surface area contributed by atoms with Crippen molar-refractivity contribution in [3.05, 3.63) is 0 Å². The summed E-state index contributed by atoms with van der Waals surface area (Å²) in [6.07, 6.45) is 0.133. The molecule has 0 bridgehead atoms. The van der Waals surface area contributed by atoms with E-state index in [1.807, 2.05) is 0 Å². The molecule has 5 N–H and O–H groups in total. The normalized spacial score (nSPS) is 8.92. The van der Waals surface area contributed by atoms with Crippen LogP contribution >= 0.6 is 21.6 Å².